The minimum absolute atomic E-state index is 0.122. The zero-order chi connectivity index (χ0) is 13.0. The van der Waals surface area contributed by atoms with Crippen LogP contribution >= 0.6 is 12.2 Å². The molecule has 1 aliphatic carbocycles. The molecule has 0 aromatic heterocycles. The molecule has 2 aliphatic rings. The summed E-state index contributed by atoms with van der Waals surface area (Å²) < 4.78 is 0. The van der Waals surface area contributed by atoms with Crippen molar-refractivity contribution in [2.45, 2.75) is 58.3 Å². The van der Waals surface area contributed by atoms with E-state index in [-0.39, 0.29) is 5.41 Å². The van der Waals surface area contributed by atoms with Gasteiger partial charge in [-0.1, -0.05) is 51.2 Å². The van der Waals surface area contributed by atoms with Gasteiger partial charge in [0, 0.05) is 5.41 Å². The molecule has 1 heterocycles. The van der Waals surface area contributed by atoms with Gasteiger partial charge in [0.1, 0.15) is 0 Å². The molecule has 104 valence electrons. The van der Waals surface area contributed by atoms with E-state index in [1.165, 1.54) is 58.2 Å². The predicted molar refractivity (Wildman–Crippen MR) is 81.8 cm³/mol. The number of rotatable bonds is 4. The quantitative estimate of drug-likeness (QED) is 0.793. The van der Waals surface area contributed by atoms with Gasteiger partial charge in [0.2, 0.25) is 0 Å². The summed E-state index contributed by atoms with van der Waals surface area (Å²) in [5.74, 6) is 1.00. The summed E-state index contributed by atoms with van der Waals surface area (Å²) in [5, 5.41) is 0. The third-order valence-electron chi connectivity index (χ3n) is 5.13. The van der Waals surface area contributed by atoms with Gasteiger partial charge in [-0.3, -0.25) is 0 Å². The molecule has 0 unspecified atom stereocenters. The lowest BCUT2D eigenvalue weighted by atomic mass is 9.80. The van der Waals surface area contributed by atoms with E-state index in [9.17, 15) is 0 Å². The summed E-state index contributed by atoms with van der Waals surface area (Å²) in [5.41, 5.74) is 5.97. The van der Waals surface area contributed by atoms with E-state index in [1.807, 2.05) is 0 Å². The lowest BCUT2D eigenvalue weighted by Crippen LogP contribution is -2.45. The van der Waals surface area contributed by atoms with Crippen LogP contribution in [0.1, 0.15) is 58.3 Å². The molecule has 1 saturated heterocycles. The Balaban J connectivity index is 1.68. The van der Waals surface area contributed by atoms with Crippen molar-refractivity contribution in [2.24, 2.45) is 17.1 Å². The maximum absolute atomic E-state index is 5.85. The molecule has 2 nitrogen and oxygen atoms in total. The molecule has 3 heteroatoms. The SMILES string of the molecule is CC1(C(N)=S)CCN(CCC2CCCCC2)CC1. The molecule has 0 atom stereocenters. The molecule has 2 N–H and O–H groups in total. The second-order valence-corrected chi connectivity index (χ2v) is 7.00. The van der Waals surface area contributed by atoms with Crippen LogP contribution < -0.4 is 5.73 Å². The fourth-order valence-electron chi connectivity index (χ4n) is 3.36. The zero-order valence-corrected chi connectivity index (χ0v) is 12.6. The van der Waals surface area contributed by atoms with Crippen LogP contribution in [-0.4, -0.2) is 29.5 Å². The second kappa shape index (κ2) is 6.33. The number of hydrogen-bond acceptors (Lipinski definition) is 2. The summed E-state index contributed by atoms with van der Waals surface area (Å²) in [7, 11) is 0. The largest absolute Gasteiger partial charge is 0.393 e. The van der Waals surface area contributed by atoms with Gasteiger partial charge in [-0.2, -0.15) is 0 Å². The molecule has 1 saturated carbocycles. The normalized spacial score (nSPS) is 26.1. The Morgan fingerprint density at radius 3 is 2.39 bits per heavy atom. The van der Waals surface area contributed by atoms with E-state index < -0.39 is 0 Å². The highest BCUT2D eigenvalue weighted by Gasteiger charge is 2.32. The number of piperidine rings is 1. The highest BCUT2D eigenvalue weighted by Crippen LogP contribution is 2.32. The summed E-state index contributed by atoms with van der Waals surface area (Å²) in [6, 6.07) is 0. The molecule has 0 radical (unpaired) electrons. The molecule has 0 aromatic carbocycles. The fraction of sp³-hybridized carbons (Fsp3) is 0.933. The first-order chi connectivity index (χ1) is 8.60. The van der Waals surface area contributed by atoms with Gasteiger partial charge in [-0.15, -0.1) is 0 Å². The Morgan fingerprint density at radius 1 is 1.22 bits per heavy atom. The van der Waals surface area contributed by atoms with Gasteiger partial charge in [0.15, 0.2) is 0 Å². The molecule has 0 spiro atoms. The van der Waals surface area contributed by atoms with Crippen molar-refractivity contribution in [3.63, 3.8) is 0 Å². The summed E-state index contributed by atoms with van der Waals surface area (Å²) >= 11 is 5.19. The minimum Gasteiger partial charge on any atom is -0.393 e. The molecule has 2 rings (SSSR count). The number of hydrogen-bond donors (Lipinski definition) is 1. The van der Waals surface area contributed by atoms with E-state index in [0.29, 0.717) is 0 Å². The summed E-state index contributed by atoms with van der Waals surface area (Å²) in [6.07, 6.45) is 11.0. The lowest BCUT2D eigenvalue weighted by molar-refractivity contribution is 0.151. The fourth-order valence-corrected chi connectivity index (χ4v) is 3.56. The molecule has 1 aliphatic heterocycles. The Morgan fingerprint density at radius 2 is 1.83 bits per heavy atom. The lowest BCUT2D eigenvalue weighted by Gasteiger charge is -2.39. The van der Waals surface area contributed by atoms with E-state index in [4.69, 9.17) is 18.0 Å². The third kappa shape index (κ3) is 3.67. The number of nitrogens with zero attached hydrogens (tertiary/aromatic N) is 1. The van der Waals surface area contributed by atoms with Crippen molar-refractivity contribution in [1.29, 1.82) is 0 Å². The highest BCUT2D eigenvalue weighted by molar-refractivity contribution is 7.80. The van der Waals surface area contributed by atoms with Crippen LogP contribution in [0, 0.1) is 11.3 Å². The van der Waals surface area contributed by atoms with Crippen LogP contribution in [0.25, 0.3) is 0 Å². The number of thiocarbonyl (C=S) groups is 1. The van der Waals surface area contributed by atoms with E-state index in [1.54, 1.807) is 0 Å². The predicted octanol–water partition coefficient (Wildman–Crippen LogP) is 3.35. The first-order valence-electron chi connectivity index (χ1n) is 7.62. The van der Waals surface area contributed by atoms with Crippen LogP contribution in [0.15, 0.2) is 0 Å². The first kappa shape index (κ1) is 14.3. The molecule has 0 amide bonds. The Kier molecular flexibility index (Phi) is 5.02. The van der Waals surface area contributed by atoms with E-state index in [0.717, 1.165) is 23.7 Å². The van der Waals surface area contributed by atoms with Crippen molar-refractivity contribution in [3.05, 3.63) is 0 Å². The highest BCUT2D eigenvalue weighted by atomic mass is 32.1. The van der Waals surface area contributed by atoms with E-state index >= 15 is 0 Å². The van der Waals surface area contributed by atoms with Gasteiger partial charge in [-0.05, 0) is 44.8 Å². The van der Waals surface area contributed by atoms with Crippen molar-refractivity contribution in [3.8, 4) is 0 Å². The van der Waals surface area contributed by atoms with Crippen LogP contribution in [0.5, 0.6) is 0 Å². The standard InChI is InChI=1S/C15H28N2S/c1-15(14(16)18)8-11-17(12-9-15)10-7-13-5-3-2-4-6-13/h13H,2-12H2,1H3,(H2,16,18). The first-order valence-corrected chi connectivity index (χ1v) is 8.03. The molecule has 18 heavy (non-hydrogen) atoms. The molecular formula is C15H28N2S. The minimum atomic E-state index is 0.122. The Labute approximate surface area is 117 Å². The molecular weight excluding hydrogens is 240 g/mol. The third-order valence-corrected chi connectivity index (χ3v) is 5.63. The van der Waals surface area contributed by atoms with Crippen LogP contribution in [0.2, 0.25) is 0 Å². The molecule has 0 aromatic rings. The van der Waals surface area contributed by atoms with Crippen LogP contribution in [0.3, 0.4) is 0 Å². The molecule has 2 fully saturated rings. The van der Waals surface area contributed by atoms with Gasteiger partial charge >= 0.3 is 0 Å². The molecule has 0 bridgehead atoms. The maximum atomic E-state index is 5.85. The van der Waals surface area contributed by atoms with E-state index in [2.05, 4.69) is 11.8 Å². The summed E-state index contributed by atoms with van der Waals surface area (Å²) in [6.45, 7) is 5.88. The average Bonchev–Trinajstić information content (AvgIpc) is 2.39. The van der Waals surface area contributed by atoms with Crippen molar-refractivity contribution in [1.82, 2.24) is 4.90 Å². The van der Waals surface area contributed by atoms with Gasteiger partial charge in [0.05, 0.1) is 4.99 Å². The summed E-state index contributed by atoms with van der Waals surface area (Å²) in [4.78, 5) is 3.34. The maximum Gasteiger partial charge on any atom is 0.0788 e. The monoisotopic (exact) mass is 268 g/mol. The van der Waals surface area contributed by atoms with Crippen molar-refractivity contribution < 1.29 is 0 Å². The van der Waals surface area contributed by atoms with Crippen LogP contribution in [0.4, 0.5) is 0 Å². The number of likely N-dealkylation sites (tertiary alicyclic amines) is 1. The van der Waals surface area contributed by atoms with Gasteiger partial charge < -0.3 is 10.6 Å². The zero-order valence-electron chi connectivity index (χ0n) is 11.8. The second-order valence-electron chi connectivity index (χ2n) is 6.56. The Bertz CT molecular complexity index is 276. The van der Waals surface area contributed by atoms with Crippen molar-refractivity contribution >= 4 is 17.2 Å². The topological polar surface area (TPSA) is 29.3 Å². The van der Waals surface area contributed by atoms with Crippen LogP contribution in [-0.2, 0) is 0 Å². The Hall–Kier alpha value is -0.150. The average molecular weight is 268 g/mol. The van der Waals surface area contributed by atoms with Gasteiger partial charge in [0.25, 0.3) is 0 Å². The number of nitrogens with two attached hydrogens (primary N) is 1. The van der Waals surface area contributed by atoms with Crippen molar-refractivity contribution in [2.75, 3.05) is 19.6 Å². The smallest absolute Gasteiger partial charge is 0.0788 e. The van der Waals surface area contributed by atoms with Gasteiger partial charge in [-0.25, -0.2) is 0 Å².